The zero-order chi connectivity index (χ0) is 22.7. The zero-order valence-corrected chi connectivity index (χ0v) is 19.1. The second-order valence-corrected chi connectivity index (χ2v) is 10.1. The molecule has 0 bridgehead atoms. The van der Waals surface area contributed by atoms with Gasteiger partial charge in [0.05, 0.1) is 23.8 Å². The monoisotopic (exact) mass is 466 g/mol. The smallest absolute Gasteiger partial charge is 0.265 e. The normalized spacial score (nSPS) is 22.5. The predicted molar refractivity (Wildman–Crippen MR) is 117 cm³/mol. The quantitative estimate of drug-likeness (QED) is 0.604. The summed E-state index contributed by atoms with van der Waals surface area (Å²) in [5.74, 6) is -0.286. The minimum absolute atomic E-state index is 0.0615. The summed E-state index contributed by atoms with van der Waals surface area (Å²) in [6, 6.07) is 4.73. The van der Waals surface area contributed by atoms with E-state index in [4.69, 9.17) is 9.47 Å². The van der Waals surface area contributed by atoms with Crippen LogP contribution in [0.1, 0.15) is 19.8 Å². The fourth-order valence-corrected chi connectivity index (χ4v) is 5.85. The summed E-state index contributed by atoms with van der Waals surface area (Å²) in [6.07, 6.45) is 2.15. The first-order valence-corrected chi connectivity index (χ1v) is 12.5. The van der Waals surface area contributed by atoms with E-state index < -0.39 is 10.0 Å². The fourth-order valence-electron chi connectivity index (χ4n) is 4.43. The first kappa shape index (κ1) is 23.0. The van der Waals surface area contributed by atoms with E-state index in [0.29, 0.717) is 37.2 Å². The Morgan fingerprint density at radius 3 is 2.75 bits per heavy atom. The van der Waals surface area contributed by atoms with Crippen molar-refractivity contribution in [2.24, 2.45) is 0 Å². The number of hydrogen-bond acceptors (Lipinski definition) is 7. The molecule has 1 N–H and O–H groups in total. The summed E-state index contributed by atoms with van der Waals surface area (Å²) in [4.78, 5) is 28.9. The van der Waals surface area contributed by atoms with Crippen LogP contribution >= 0.6 is 0 Å². The number of anilines is 1. The van der Waals surface area contributed by atoms with Gasteiger partial charge < -0.3 is 14.8 Å². The molecular formula is C21H30N4O6S. The van der Waals surface area contributed by atoms with Gasteiger partial charge in [0.15, 0.2) is 6.61 Å². The largest absolute Gasteiger partial charge is 0.482 e. The molecule has 1 aromatic rings. The van der Waals surface area contributed by atoms with Crippen LogP contribution in [0.3, 0.4) is 0 Å². The van der Waals surface area contributed by atoms with E-state index in [1.807, 2.05) is 0 Å². The van der Waals surface area contributed by atoms with Gasteiger partial charge in [0.2, 0.25) is 15.9 Å². The van der Waals surface area contributed by atoms with Crippen LogP contribution in [0.25, 0.3) is 0 Å². The average Bonchev–Trinajstić information content (AvgIpc) is 3.27. The molecule has 0 spiro atoms. The molecule has 0 saturated carbocycles. The Hall–Kier alpha value is -2.21. The number of carbonyl (C=O) groups is 2. The molecule has 0 unspecified atom stereocenters. The van der Waals surface area contributed by atoms with Gasteiger partial charge in [0, 0.05) is 25.7 Å². The van der Waals surface area contributed by atoms with Gasteiger partial charge in [0.1, 0.15) is 12.3 Å². The lowest BCUT2D eigenvalue weighted by atomic mass is 10.2. The van der Waals surface area contributed by atoms with E-state index in [0.717, 1.165) is 25.9 Å². The third kappa shape index (κ3) is 4.75. The molecule has 1 atom stereocenters. The fraction of sp³-hybridized carbons (Fsp3) is 0.619. The van der Waals surface area contributed by atoms with Crippen molar-refractivity contribution in [3.05, 3.63) is 18.2 Å². The number of morpholine rings is 1. The van der Waals surface area contributed by atoms with Crippen LogP contribution in [-0.4, -0.2) is 94.6 Å². The van der Waals surface area contributed by atoms with E-state index in [9.17, 15) is 18.0 Å². The van der Waals surface area contributed by atoms with Crippen molar-refractivity contribution in [1.29, 1.82) is 0 Å². The van der Waals surface area contributed by atoms with Crippen molar-refractivity contribution < 1.29 is 27.5 Å². The first-order chi connectivity index (χ1) is 15.4. The van der Waals surface area contributed by atoms with Gasteiger partial charge in [-0.15, -0.1) is 0 Å². The number of hydrogen-bond donors (Lipinski definition) is 1. The maximum atomic E-state index is 13.0. The van der Waals surface area contributed by atoms with Gasteiger partial charge in [-0.1, -0.05) is 6.92 Å². The summed E-state index contributed by atoms with van der Waals surface area (Å²) >= 11 is 0. The Morgan fingerprint density at radius 2 is 2.00 bits per heavy atom. The molecule has 3 aliphatic heterocycles. The average molecular weight is 467 g/mol. The lowest BCUT2D eigenvalue weighted by molar-refractivity contribution is -0.125. The van der Waals surface area contributed by atoms with Crippen LogP contribution in [0.5, 0.6) is 5.75 Å². The van der Waals surface area contributed by atoms with Crippen LogP contribution in [0, 0.1) is 0 Å². The lowest BCUT2D eigenvalue weighted by Crippen LogP contribution is -2.47. The number of sulfonamides is 1. The van der Waals surface area contributed by atoms with Gasteiger partial charge in [-0.3, -0.25) is 19.4 Å². The van der Waals surface area contributed by atoms with Crippen molar-refractivity contribution in [2.75, 3.05) is 64.0 Å². The van der Waals surface area contributed by atoms with E-state index in [1.54, 1.807) is 0 Å². The Kier molecular flexibility index (Phi) is 6.99. The molecule has 2 amide bonds. The summed E-state index contributed by atoms with van der Waals surface area (Å²) < 4.78 is 38.1. The molecule has 3 aliphatic rings. The molecule has 4 rings (SSSR count). The molecule has 11 heteroatoms. The second-order valence-electron chi connectivity index (χ2n) is 8.14. The van der Waals surface area contributed by atoms with Crippen molar-refractivity contribution >= 4 is 27.5 Å². The molecule has 0 radical (unpaired) electrons. The molecular weight excluding hydrogens is 436 g/mol. The zero-order valence-electron chi connectivity index (χ0n) is 18.3. The van der Waals surface area contributed by atoms with Crippen LogP contribution < -0.4 is 15.0 Å². The molecule has 0 aromatic heterocycles. The number of amides is 2. The number of nitrogens with one attached hydrogen (secondary N) is 1. The number of likely N-dealkylation sites (tertiary alicyclic amines) is 1. The summed E-state index contributed by atoms with van der Waals surface area (Å²) in [5.41, 5.74) is 0.293. The number of fused-ring (bicyclic) bond motifs is 1. The maximum absolute atomic E-state index is 13.0. The SMILES string of the molecule is CCN1CCC[C@@H]1CNC(=O)CN1C(=O)COc2ccc(S(=O)(=O)N3CCOCC3)cc21. The number of rotatable bonds is 7. The van der Waals surface area contributed by atoms with Crippen molar-refractivity contribution in [3.63, 3.8) is 0 Å². The molecule has 1 aromatic carbocycles. The van der Waals surface area contributed by atoms with Crippen LogP contribution in [0.4, 0.5) is 5.69 Å². The van der Waals surface area contributed by atoms with Crippen molar-refractivity contribution in [1.82, 2.24) is 14.5 Å². The van der Waals surface area contributed by atoms with Gasteiger partial charge >= 0.3 is 0 Å². The predicted octanol–water partition coefficient (Wildman–Crippen LogP) is 0.0334. The summed E-state index contributed by atoms with van der Waals surface area (Å²) in [5, 5.41) is 2.93. The topological polar surface area (TPSA) is 108 Å². The van der Waals surface area contributed by atoms with Gasteiger partial charge in [-0.25, -0.2) is 8.42 Å². The van der Waals surface area contributed by atoms with Crippen molar-refractivity contribution in [3.8, 4) is 5.75 Å². The Balaban J connectivity index is 1.49. The van der Waals surface area contributed by atoms with Crippen LogP contribution in [-0.2, 0) is 24.3 Å². The van der Waals surface area contributed by atoms with Crippen LogP contribution in [0.15, 0.2) is 23.1 Å². The highest BCUT2D eigenvalue weighted by molar-refractivity contribution is 7.89. The number of likely N-dealkylation sites (N-methyl/N-ethyl adjacent to an activating group) is 1. The Morgan fingerprint density at radius 1 is 1.22 bits per heavy atom. The van der Waals surface area contributed by atoms with Gasteiger partial charge in [-0.2, -0.15) is 4.31 Å². The Labute approximate surface area is 188 Å². The molecule has 32 heavy (non-hydrogen) atoms. The molecule has 176 valence electrons. The lowest BCUT2D eigenvalue weighted by Gasteiger charge is -2.31. The molecule has 10 nitrogen and oxygen atoms in total. The summed E-state index contributed by atoms with van der Waals surface area (Å²) in [7, 11) is -3.74. The number of carbonyl (C=O) groups excluding carboxylic acids is 2. The van der Waals surface area contributed by atoms with E-state index in [1.165, 1.54) is 27.4 Å². The van der Waals surface area contributed by atoms with E-state index in [2.05, 4.69) is 17.1 Å². The minimum Gasteiger partial charge on any atom is -0.482 e. The Bertz CT molecular complexity index is 963. The highest BCUT2D eigenvalue weighted by atomic mass is 32.2. The molecule has 2 saturated heterocycles. The summed E-state index contributed by atoms with van der Waals surface area (Å²) in [6.45, 7) is 5.46. The number of benzene rings is 1. The minimum atomic E-state index is -3.74. The first-order valence-electron chi connectivity index (χ1n) is 11.1. The highest BCUT2D eigenvalue weighted by Gasteiger charge is 2.32. The molecule has 3 heterocycles. The number of nitrogens with zero attached hydrogens (tertiary/aromatic N) is 3. The van der Waals surface area contributed by atoms with Crippen molar-refractivity contribution in [2.45, 2.75) is 30.7 Å². The van der Waals surface area contributed by atoms with Crippen LogP contribution in [0.2, 0.25) is 0 Å². The standard InChI is InChI=1S/C21H30N4O6S/c1-2-23-7-3-4-16(23)13-22-20(26)14-25-18-12-17(5-6-19(18)31-15-21(25)27)32(28,29)24-8-10-30-11-9-24/h5-6,12,16H,2-4,7-11,13-15H2,1H3,(H,22,26)/t16-/m1/s1. The maximum Gasteiger partial charge on any atom is 0.265 e. The number of ether oxygens (including phenoxy) is 2. The third-order valence-corrected chi connectivity index (χ3v) is 8.12. The third-order valence-electron chi connectivity index (χ3n) is 6.22. The van der Waals surface area contributed by atoms with Gasteiger partial charge in [-0.05, 0) is 44.1 Å². The highest BCUT2D eigenvalue weighted by Crippen LogP contribution is 2.35. The second kappa shape index (κ2) is 9.74. The van der Waals surface area contributed by atoms with E-state index in [-0.39, 0.29) is 43.0 Å². The van der Waals surface area contributed by atoms with E-state index >= 15 is 0 Å². The van der Waals surface area contributed by atoms with Gasteiger partial charge in [0.25, 0.3) is 5.91 Å². The molecule has 2 fully saturated rings. The molecule has 0 aliphatic carbocycles.